The highest BCUT2D eigenvalue weighted by molar-refractivity contribution is 6.30. The Bertz CT molecular complexity index is 904. The molecule has 3 N–H and O–H groups in total. The van der Waals surface area contributed by atoms with E-state index in [2.05, 4.69) is 20.3 Å². The summed E-state index contributed by atoms with van der Waals surface area (Å²) in [6.45, 7) is 7.52. The Hall–Kier alpha value is -2.61. The fourth-order valence-electron chi connectivity index (χ4n) is 3.69. The number of aryl methyl sites for hydroxylation is 1. The molecule has 0 unspecified atom stereocenters. The Morgan fingerprint density at radius 1 is 1.43 bits per heavy atom. The Morgan fingerprint density at radius 3 is 2.86 bits per heavy atom. The van der Waals surface area contributed by atoms with E-state index >= 15 is 0 Å². The number of carbonyl (C=O) groups excluding carboxylic acids is 1. The Labute approximate surface area is 169 Å². The number of nitrogens with two attached hydrogens (primary N) is 1. The molecule has 2 aromatic rings. The van der Waals surface area contributed by atoms with Crippen molar-refractivity contribution in [3.63, 3.8) is 0 Å². The normalized spacial score (nSPS) is 15.5. The van der Waals surface area contributed by atoms with E-state index in [0.717, 1.165) is 28.1 Å². The zero-order valence-corrected chi connectivity index (χ0v) is 17.3. The van der Waals surface area contributed by atoms with Crippen LogP contribution in [0.1, 0.15) is 41.6 Å². The molecular weight excluding hydrogens is 380 g/mol. The molecule has 9 heteroatoms. The van der Waals surface area contributed by atoms with E-state index in [0.29, 0.717) is 37.0 Å². The summed E-state index contributed by atoms with van der Waals surface area (Å²) in [5.74, 6) is 1.46. The molecule has 1 aliphatic rings. The average molecular weight is 405 g/mol. The van der Waals surface area contributed by atoms with Crippen LogP contribution >= 0.6 is 11.6 Å². The fourth-order valence-corrected chi connectivity index (χ4v) is 4.02. The standard InChI is InChI=1S/C19H25ClN6O2/c1-5-22-14(27)6-12-8-26(18-15(12)17(20)24-19(21)25-18)9-13-11(3)16(28-4)10(2)7-23-13/h7,12H,5-6,8-9H2,1-4H3,(H,22,27)(H2,21,24,25)/t12-/m0/s1. The van der Waals surface area contributed by atoms with Gasteiger partial charge in [-0.05, 0) is 20.8 Å². The first-order chi connectivity index (χ1) is 13.3. The number of amides is 1. The van der Waals surface area contributed by atoms with Crippen LogP contribution in [-0.2, 0) is 11.3 Å². The molecule has 28 heavy (non-hydrogen) atoms. The third-order valence-corrected chi connectivity index (χ3v) is 5.23. The average Bonchev–Trinajstić information content (AvgIpc) is 2.95. The van der Waals surface area contributed by atoms with E-state index < -0.39 is 0 Å². The summed E-state index contributed by atoms with van der Waals surface area (Å²) in [6.07, 6.45) is 2.11. The Morgan fingerprint density at radius 2 is 2.18 bits per heavy atom. The van der Waals surface area contributed by atoms with Crippen LogP contribution in [0.5, 0.6) is 5.75 Å². The lowest BCUT2D eigenvalue weighted by Crippen LogP contribution is -2.27. The largest absolute Gasteiger partial charge is 0.496 e. The lowest BCUT2D eigenvalue weighted by Gasteiger charge is -2.21. The van der Waals surface area contributed by atoms with Crippen LogP contribution in [-0.4, -0.2) is 41.1 Å². The van der Waals surface area contributed by atoms with Crippen molar-refractivity contribution in [1.29, 1.82) is 0 Å². The molecule has 150 valence electrons. The van der Waals surface area contributed by atoms with Crippen molar-refractivity contribution in [2.75, 3.05) is 30.8 Å². The fraction of sp³-hybridized carbons (Fsp3) is 0.474. The van der Waals surface area contributed by atoms with Crippen LogP contribution in [0, 0.1) is 13.8 Å². The van der Waals surface area contributed by atoms with E-state index in [-0.39, 0.29) is 17.8 Å². The third kappa shape index (κ3) is 3.82. The maximum atomic E-state index is 12.2. The van der Waals surface area contributed by atoms with E-state index in [1.807, 2.05) is 25.7 Å². The van der Waals surface area contributed by atoms with E-state index in [9.17, 15) is 4.79 Å². The number of nitrogen functional groups attached to an aromatic ring is 1. The van der Waals surface area contributed by atoms with Gasteiger partial charge in [-0.15, -0.1) is 0 Å². The van der Waals surface area contributed by atoms with Crippen LogP contribution in [0.2, 0.25) is 5.15 Å². The molecular formula is C19H25ClN6O2. The van der Waals surface area contributed by atoms with Crippen molar-refractivity contribution in [3.05, 3.63) is 33.7 Å². The summed E-state index contributed by atoms with van der Waals surface area (Å²) >= 11 is 6.37. The van der Waals surface area contributed by atoms with Gasteiger partial charge in [0.25, 0.3) is 0 Å². The first-order valence-corrected chi connectivity index (χ1v) is 9.57. The number of aromatic nitrogens is 3. The summed E-state index contributed by atoms with van der Waals surface area (Å²) in [7, 11) is 1.65. The van der Waals surface area contributed by atoms with Crippen molar-refractivity contribution >= 4 is 29.3 Å². The summed E-state index contributed by atoms with van der Waals surface area (Å²) in [4.78, 5) is 27.3. The predicted octanol–water partition coefficient (Wildman–Crippen LogP) is 2.36. The molecule has 0 saturated heterocycles. The topological polar surface area (TPSA) is 106 Å². The van der Waals surface area contributed by atoms with Gasteiger partial charge in [0.1, 0.15) is 16.7 Å². The van der Waals surface area contributed by atoms with Crippen molar-refractivity contribution in [2.45, 2.75) is 39.7 Å². The number of anilines is 2. The smallest absolute Gasteiger partial charge is 0.223 e. The number of halogens is 1. The van der Waals surface area contributed by atoms with Crippen LogP contribution in [0.3, 0.4) is 0 Å². The molecule has 0 fully saturated rings. The number of hydrogen-bond donors (Lipinski definition) is 2. The van der Waals surface area contributed by atoms with Gasteiger partial charge >= 0.3 is 0 Å². The predicted molar refractivity (Wildman–Crippen MR) is 109 cm³/mol. The minimum absolute atomic E-state index is 0.0282. The molecule has 1 atom stereocenters. The van der Waals surface area contributed by atoms with E-state index in [1.165, 1.54) is 0 Å². The van der Waals surface area contributed by atoms with Crippen LogP contribution in [0.25, 0.3) is 0 Å². The van der Waals surface area contributed by atoms with Gasteiger partial charge in [-0.25, -0.2) is 4.98 Å². The molecule has 1 amide bonds. The Balaban J connectivity index is 1.94. The second kappa shape index (κ2) is 8.18. The van der Waals surface area contributed by atoms with Crippen molar-refractivity contribution in [2.24, 2.45) is 0 Å². The van der Waals surface area contributed by atoms with Crippen molar-refractivity contribution in [1.82, 2.24) is 20.3 Å². The summed E-state index contributed by atoms with van der Waals surface area (Å²) in [6, 6.07) is 0. The molecule has 0 radical (unpaired) electrons. The third-order valence-electron chi connectivity index (χ3n) is 4.94. The highest BCUT2D eigenvalue weighted by atomic mass is 35.5. The number of fused-ring (bicyclic) bond motifs is 1. The van der Waals surface area contributed by atoms with E-state index in [1.54, 1.807) is 13.3 Å². The highest BCUT2D eigenvalue weighted by Crippen LogP contribution is 2.41. The zero-order valence-electron chi connectivity index (χ0n) is 16.5. The van der Waals surface area contributed by atoms with Crippen molar-refractivity contribution < 1.29 is 9.53 Å². The molecule has 3 heterocycles. The number of hydrogen-bond acceptors (Lipinski definition) is 7. The summed E-state index contributed by atoms with van der Waals surface area (Å²) < 4.78 is 5.51. The second-order valence-corrected chi connectivity index (χ2v) is 7.25. The van der Waals surface area contributed by atoms with Gasteiger partial charge in [0.05, 0.1) is 19.3 Å². The number of carbonyl (C=O) groups is 1. The van der Waals surface area contributed by atoms with Gasteiger partial charge in [0.15, 0.2) is 0 Å². The molecule has 3 rings (SSSR count). The van der Waals surface area contributed by atoms with Gasteiger partial charge < -0.3 is 20.7 Å². The van der Waals surface area contributed by atoms with Gasteiger partial charge in [0.2, 0.25) is 11.9 Å². The number of rotatable bonds is 6. The minimum atomic E-state index is -0.109. The van der Waals surface area contributed by atoms with Crippen molar-refractivity contribution in [3.8, 4) is 5.75 Å². The summed E-state index contributed by atoms with van der Waals surface area (Å²) in [5.41, 5.74) is 9.42. The maximum Gasteiger partial charge on any atom is 0.223 e. The first kappa shape index (κ1) is 20.1. The lowest BCUT2D eigenvalue weighted by atomic mass is 10.00. The van der Waals surface area contributed by atoms with Crippen LogP contribution in [0.4, 0.5) is 11.8 Å². The van der Waals surface area contributed by atoms with E-state index in [4.69, 9.17) is 22.1 Å². The monoisotopic (exact) mass is 404 g/mol. The zero-order chi connectivity index (χ0) is 20.4. The number of nitrogens with one attached hydrogen (secondary N) is 1. The maximum absolute atomic E-state index is 12.2. The van der Waals surface area contributed by atoms with Gasteiger partial charge in [-0.1, -0.05) is 11.6 Å². The molecule has 2 aromatic heterocycles. The number of methoxy groups -OCH3 is 1. The van der Waals surface area contributed by atoms with Gasteiger partial charge in [-0.3, -0.25) is 9.78 Å². The molecule has 0 aliphatic carbocycles. The SMILES string of the molecule is CCNC(=O)C[C@H]1CN(Cc2ncc(C)c(OC)c2C)c2nc(N)nc(Cl)c21. The quantitative estimate of drug-likeness (QED) is 0.711. The molecule has 1 aliphatic heterocycles. The lowest BCUT2D eigenvalue weighted by molar-refractivity contribution is -0.121. The van der Waals surface area contributed by atoms with Crippen LogP contribution in [0.15, 0.2) is 6.20 Å². The summed E-state index contributed by atoms with van der Waals surface area (Å²) in [5, 5.41) is 3.13. The molecule has 0 aromatic carbocycles. The molecule has 0 saturated carbocycles. The first-order valence-electron chi connectivity index (χ1n) is 9.19. The second-order valence-electron chi connectivity index (χ2n) is 6.89. The highest BCUT2D eigenvalue weighted by Gasteiger charge is 2.35. The number of nitrogens with zero attached hydrogens (tertiary/aromatic N) is 4. The Kier molecular flexibility index (Phi) is 5.88. The minimum Gasteiger partial charge on any atom is -0.496 e. The molecule has 0 spiro atoms. The van der Waals surface area contributed by atoms with Gasteiger partial charge in [0, 0.05) is 48.3 Å². The number of pyridine rings is 1. The number of ether oxygens (including phenoxy) is 1. The van der Waals surface area contributed by atoms with Crippen LogP contribution < -0.4 is 20.7 Å². The molecule has 8 nitrogen and oxygen atoms in total. The molecule has 0 bridgehead atoms. The van der Waals surface area contributed by atoms with Gasteiger partial charge in [-0.2, -0.15) is 4.98 Å².